The van der Waals surface area contributed by atoms with Crippen molar-refractivity contribution < 1.29 is 192 Å². The van der Waals surface area contributed by atoms with Crippen LogP contribution >= 0.6 is 0 Å². The van der Waals surface area contributed by atoms with E-state index in [1.165, 1.54) is 24.4 Å². The fraction of sp³-hybridized carbons (Fsp3) is 0.296. The summed E-state index contributed by atoms with van der Waals surface area (Å²) >= 11 is 0. The van der Waals surface area contributed by atoms with Crippen LogP contribution in [0.1, 0.15) is 65.4 Å². The zero-order chi connectivity index (χ0) is 57.0. The van der Waals surface area contributed by atoms with Crippen LogP contribution in [0.2, 0.25) is 0 Å². The van der Waals surface area contributed by atoms with Crippen molar-refractivity contribution in [2.45, 2.75) is 65.4 Å². The summed E-state index contributed by atoms with van der Waals surface area (Å²) in [5, 5.41) is 83.0. The number of hydrogen-bond donors (Lipinski definition) is 6. The molecular formula is C54H55BN8Na4O15. The monoisotopic (exact) mass is 1160 g/mol. The fourth-order valence-corrected chi connectivity index (χ4v) is 8.79. The predicted molar refractivity (Wildman–Crippen MR) is 277 cm³/mol. The van der Waals surface area contributed by atoms with Crippen molar-refractivity contribution in [2.75, 3.05) is 39.3 Å². The van der Waals surface area contributed by atoms with E-state index in [1.807, 2.05) is 6.92 Å². The minimum atomic E-state index is -1.72. The molecule has 28 heteroatoms. The molecule has 5 aliphatic rings. The van der Waals surface area contributed by atoms with Crippen molar-refractivity contribution >= 4 is 77.4 Å². The number of carbonyl (C=O) groups is 7. The van der Waals surface area contributed by atoms with E-state index < -0.39 is 81.0 Å². The van der Waals surface area contributed by atoms with Crippen LogP contribution in [0.5, 0.6) is 0 Å². The summed E-state index contributed by atoms with van der Waals surface area (Å²) in [6.07, 6.45) is 13.7. The quantitative estimate of drug-likeness (QED) is 0.0229. The topological polar surface area (TPSA) is 361 Å². The molecule has 82 heavy (non-hydrogen) atoms. The Balaban J connectivity index is 0.00000574. The van der Waals surface area contributed by atoms with E-state index in [9.17, 15) is 69.1 Å². The number of hydroxylamine groups is 1. The first kappa shape index (κ1) is 73.3. The molecule has 0 aromatic heterocycles. The maximum atomic E-state index is 13.5. The minimum Gasteiger partial charge on any atom is -0.548 e. The third-order valence-corrected chi connectivity index (χ3v) is 12.9. The first-order valence-electron chi connectivity index (χ1n) is 24.4. The molecule has 6 rings (SSSR count). The predicted octanol–water partition coefficient (Wildman–Crippen LogP) is -15.2. The number of carbonyl (C=O) groups excluding carboxylic acids is 7. The van der Waals surface area contributed by atoms with Crippen LogP contribution in [0, 0.1) is 0 Å². The Morgan fingerprint density at radius 3 is 1.78 bits per heavy atom. The number of amides is 3. The molecule has 0 saturated carbocycles. The van der Waals surface area contributed by atoms with E-state index in [0.717, 1.165) is 0 Å². The summed E-state index contributed by atoms with van der Waals surface area (Å²) in [6, 6.07) is 6.34. The molecule has 1 atom stereocenters. The molecule has 0 fully saturated rings. The number of rotatable bonds is 25. The smallest absolute Gasteiger partial charge is 0.548 e. The number of nitrogens with one attached hydrogen (secondary N) is 3. The molecule has 5 heterocycles. The van der Waals surface area contributed by atoms with Gasteiger partial charge >= 0.3 is 125 Å². The maximum absolute atomic E-state index is 13.5. The van der Waals surface area contributed by atoms with Gasteiger partial charge in [-0.05, 0) is 122 Å². The van der Waals surface area contributed by atoms with Gasteiger partial charge in [0.2, 0.25) is 17.7 Å². The summed E-state index contributed by atoms with van der Waals surface area (Å²) in [4.78, 5) is 107. The SMILES string of the molecule is C=CC1=C(C)C2=CC3=NC(=CC4=NC(=CC5=C(/C=C/NOCCCNC(=O)/C=C/c6ccc([10B](O)O)cc6)C(C)(O)C(=CC1=N2)N5)C(C)=C4CCC(=O)N(CC(=O)[O-])CC(=O)[O-])C(CCC(=O)N(CC(=O)[O-])CC(=O)[O-])=C3C.[Na+].[Na+].[Na+].[Na+]. The minimum absolute atomic E-state index is 0. The van der Waals surface area contributed by atoms with E-state index >= 15 is 0 Å². The van der Waals surface area contributed by atoms with E-state index in [0.29, 0.717) is 100 Å². The second-order valence-electron chi connectivity index (χ2n) is 18.4. The Hall–Kier alpha value is -4.84. The number of carboxylic acids is 4. The van der Waals surface area contributed by atoms with Gasteiger partial charge in [0.05, 0.1) is 96.6 Å². The van der Waals surface area contributed by atoms with Gasteiger partial charge in [-0.2, -0.15) is 0 Å². The van der Waals surface area contributed by atoms with Gasteiger partial charge in [0.1, 0.15) is 5.60 Å². The third-order valence-electron chi connectivity index (χ3n) is 12.9. The van der Waals surface area contributed by atoms with Gasteiger partial charge in [0.15, 0.2) is 0 Å². The van der Waals surface area contributed by atoms with Crippen LogP contribution in [-0.2, 0) is 38.4 Å². The molecular weight excluding hydrogens is 1100 g/mol. The molecule has 0 aliphatic carbocycles. The average Bonchev–Trinajstić information content (AvgIpc) is 4.14. The van der Waals surface area contributed by atoms with Gasteiger partial charge in [-0.25, -0.2) is 15.0 Å². The van der Waals surface area contributed by atoms with Crippen molar-refractivity contribution in [1.82, 2.24) is 25.9 Å². The van der Waals surface area contributed by atoms with Crippen LogP contribution in [0.4, 0.5) is 0 Å². The van der Waals surface area contributed by atoms with Crippen molar-refractivity contribution in [1.29, 1.82) is 0 Å². The molecule has 23 nitrogen and oxygen atoms in total. The second kappa shape index (κ2) is 33.6. The summed E-state index contributed by atoms with van der Waals surface area (Å²) in [5.74, 6) is -8.78. The number of aliphatic hydroxyl groups is 1. The third kappa shape index (κ3) is 19.6. The van der Waals surface area contributed by atoms with Crippen molar-refractivity contribution in [3.8, 4) is 0 Å². The van der Waals surface area contributed by atoms with Crippen molar-refractivity contribution in [3.63, 3.8) is 0 Å². The summed E-state index contributed by atoms with van der Waals surface area (Å²) in [6.45, 7) is 7.24. The van der Waals surface area contributed by atoms with E-state index in [1.54, 1.807) is 75.4 Å². The molecule has 1 unspecified atom stereocenters. The Kier molecular flexibility index (Phi) is 30.0. The Morgan fingerprint density at radius 1 is 0.707 bits per heavy atom. The first-order valence-corrected chi connectivity index (χ1v) is 24.4. The van der Waals surface area contributed by atoms with Gasteiger partial charge in [-0.3, -0.25) is 24.7 Å². The molecule has 0 spiro atoms. The molecule has 3 amide bonds. The number of fused-ring (bicyclic) bond motifs is 5. The van der Waals surface area contributed by atoms with Crippen LogP contribution < -0.4 is 160 Å². The fourth-order valence-electron chi connectivity index (χ4n) is 8.79. The van der Waals surface area contributed by atoms with Crippen LogP contribution in [0.25, 0.3) is 6.08 Å². The molecule has 408 valence electrons. The molecule has 5 aliphatic heterocycles. The number of nitrogens with zero attached hydrogens (tertiary/aromatic N) is 5. The summed E-state index contributed by atoms with van der Waals surface area (Å²) in [5.41, 5.74) is 8.52. The molecule has 1 aromatic carbocycles. The van der Waals surface area contributed by atoms with Crippen LogP contribution in [-0.4, -0.2) is 136 Å². The van der Waals surface area contributed by atoms with Gasteiger partial charge in [0.25, 0.3) is 0 Å². The van der Waals surface area contributed by atoms with Gasteiger partial charge in [0, 0.05) is 48.5 Å². The van der Waals surface area contributed by atoms with E-state index in [4.69, 9.17) is 19.8 Å². The Morgan fingerprint density at radius 2 is 1.23 bits per heavy atom. The molecule has 8 bridgehead atoms. The Labute approximate surface area is 561 Å². The number of aliphatic carboxylic acids is 4. The zero-order valence-corrected chi connectivity index (χ0v) is 55.0. The Bertz CT molecular complexity index is 3120. The average molecular weight is 1160 g/mol. The van der Waals surface area contributed by atoms with Gasteiger partial charge in [-0.15, -0.1) is 0 Å². The number of hydrogen-bond acceptors (Lipinski definition) is 20. The summed E-state index contributed by atoms with van der Waals surface area (Å²) < 4.78 is 0. The zero-order valence-electron chi connectivity index (χ0n) is 47.0. The van der Waals surface area contributed by atoms with Crippen LogP contribution in [0.15, 0.2) is 162 Å². The van der Waals surface area contributed by atoms with Crippen molar-refractivity contribution in [2.24, 2.45) is 15.0 Å². The number of benzene rings is 1. The molecule has 6 N–H and O–H groups in total. The molecule has 1 aromatic rings. The molecule has 0 radical (unpaired) electrons. The number of allylic oxidation sites excluding steroid dienone is 11. The number of carboxylic acid groups (broad SMARTS) is 4. The van der Waals surface area contributed by atoms with Crippen molar-refractivity contribution in [3.05, 3.63) is 153 Å². The maximum Gasteiger partial charge on any atom is 1.00 e. The normalized spacial score (nSPS) is 16.9. The van der Waals surface area contributed by atoms with E-state index in [2.05, 4.69) is 22.7 Å². The standard InChI is InChI=1S/C54H59BN8O15.4Na/c1-6-35-30(2)39-22-40-31(3)36(13-16-48(65)62(26-50(67)68)27-51(69)70)42(58-40)24-43-37(14-17-49(66)63(28-52(71)72)29-53(73)74)32(4)41(59-43)23-45-38(54(5,75)46(61-45)25-44(35)60-39)18-20-57-78-21-7-19-56-47(64)15-10-33-8-11-34(12-9-33)55(76)77;;;;/h6,8-12,15,18,20,22-25,57,61,75-77H,1,7,13-14,16-17,19,21,26-29H2,2-5H3,(H,56,64)(H,67,68)(H,69,70)(H,71,72)(H,73,74);;;;/q;4*+1/p-4/b15-10+,20-18+,39-22?,41-23?,42-24?,46-25?;;;;/i55-1;;;;. The number of aliphatic imine (C=N–C) groups is 3. The van der Waals surface area contributed by atoms with Gasteiger partial charge < -0.3 is 75.2 Å². The van der Waals surface area contributed by atoms with Crippen LogP contribution in [0.3, 0.4) is 0 Å². The summed E-state index contributed by atoms with van der Waals surface area (Å²) in [7, 11) is -1.60. The first-order chi connectivity index (χ1) is 37.0. The van der Waals surface area contributed by atoms with Gasteiger partial charge in [-0.1, -0.05) is 36.9 Å². The largest absolute Gasteiger partial charge is 1.00 e. The second-order valence-corrected chi connectivity index (χ2v) is 18.4. The van der Waals surface area contributed by atoms with E-state index in [-0.39, 0.29) is 168 Å². The molecule has 0 saturated heterocycles.